The van der Waals surface area contributed by atoms with Crippen LogP contribution in [0.2, 0.25) is 0 Å². The van der Waals surface area contributed by atoms with Crippen molar-refractivity contribution in [2.75, 3.05) is 7.11 Å². The lowest BCUT2D eigenvalue weighted by atomic mass is 10.1. The minimum atomic E-state index is -0.347. The van der Waals surface area contributed by atoms with Gasteiger partial charge in [0.15, 0.2) is 11.6 Å². The first-order chi connectivity index (χ1) is 10.3. The summed E-state index contributed by atoms with van der Waals surface area (Å²) < 4.78 is 18.3. The molecule has 3 aromatic carbocycles. The molecule has 2 heteroatoms. The van der Waals surface area contributed by atoms with Crippen LogP contribution in [0.25, 0.3) is 22.9 Å². The van der Waals surface area contributed by atoms with Crippen molar-refractivity contribution in [1.82, 2.24) is 0 Å². The number of fused-ring (bicyclic) bond motifs is 1. The number of methoxy groups -OCH3 is 1. The maximum absolute atomic E-state index is 13.4. The number of benzene rings is 3. The van der Waals surface area contributed by atoms with Gasteiger partial charge in [0.25, 0.3) is 0 Å². The molecule has 0 spiro atoms. The summed E-state index contributed by atoms with van der Waals surface area (Å²) in [6.07, 6.45) is 3.96. The molecule has 0 atom stereocenters. The predicted octanol–water partition coefficient (Wildman–Crippen LogP) is 5.16. The van der Waals surface area contributed by atoms with Crippen molar-refractivity contribution in [3.8, 4) is 5.75 Å². The molecule has 0 N–H and O–H groups in total. The molecule has 104 valence electrons. The standard InChI is InChI=1S/C19H15FO/c1-21-19-13-15(9-11-18(19)20)7-6-14-8-10-16-4-2-3-5-17(16)12-14/h2-13H,1H3/b7-6-. The zero-order chi connectivity index (χ0) is 14.7. The van der Waals surface area contributed by atoms with Gasteiger partial charge in [-0.25, -0.2) is 4.39 Å². The van der Waals surface area contributed by atoms with Crippen molar-refractivity contribution in [3.05, 3.63) is 77.6 Å². The highest BCUT2D eigenvalue weighted by atomic mass is 19.1. The van der Waals surface area contributed by atoms with Crippen LogP contribution in [0.5, 0.6) is 5.75 Å². The van der Waals surface area contributed by atoms with Gasteiger partial charge in [0, 0.05) is 0 Å². The van der Waals surface area contributed by atoms with E-state index in [-0.39, 0.29) is 11.6 Å². The van der Waals surface area contributed by atoms with E-state index >= 15 is 0 Å². The topological polar surface area (TPSA) is 9.23 Å². The molecule has 0 bridgehead atoms. The van der Waals surface area contributed by atoms with Crippen LogP contribution in [0.15, 0.2) is 60.7 Å². The zero-order valence-corrected chi connectivity index (χ0v) is 11.7. The lowest BCUT2D eigenvalue weighted by Gasteiger charge is -2.03. The molecule has 0 unspecified atom stereocenters. The first-order valence-electron chi connectivity index (χ1n) is 6.77. The maximum Gasteiger partial charge on any atom is 0.165 e. The van der Waals surface area contributed by atoms with Gasteiger partial charge in [0.05, 0.1) is 7.11 Å². The highest BCUT2D eigenvalue weighted by Gasteiger charge is 2.01. The van der Waals surface area contributed by atoms with Gasteiger partial charge in [0.2, 0.25) is 0 Å². The first-order valence-corrected chi connectivity index (χ1v) is 6.77. The molecule has 0 amide bonds. The first kappa shape index (κ1) is 13.4. The molecule has 0 saturated heterocycles. The fourth-order valence-electron chi connectivity index (χ4n) is 2.28. The van der Waals surface area contributed by atoms with E-state index in [0.29, 0.717) is 0 Å². The van der Waals surface area contributed by atoms with E-state index in [9.17, 15) is 4.39 Å². The third-order valence-electron chi connectivity index (χ3n) is 3.42. The number of hydrogen-bond donors (Lipinski definition) is 0. The molecule has 1 nitrogen and oxygen atoms in total. The second kappa shape index (κ2) is 5.80. The van der Waals surface area contributed by atoms with E-state index in [2.05, 4.69) is 30.3 Å². The Bertz CT molecular complexity index is 806. The van der Waals surface area contributed by atoms with E-state index < -0.39 is 0 Å². The summed E-state index contributed by atoms with van der Waals surface area (Å²) in [6.45, 7) is 0. The quantitative estimate of drug-likeness (QED) is 0.601. The molecule has 3 rings (SSSR count). The summed E-state index contributed by atoms with van der Waals surface area (Å²) in [5.74, 6) is -0.0870. The zero-order valence-electron chi connectivity index (χ0n) is 11.7. The Balaban J connectivity index is 1.90. The van der Waals surface area contributed by atoms with Crippen LogP contribution < -0.4 is 4.74 Å². The van der Waals surface area contributed by atoms with Crippen LogP contribution in [0.3, 0.4) is 0 Å². The van der Waals surface area contributed by atoms with Crippen molar-refractivity contribution in [3.63, 3.8) is 0 Å². The molecule has 0 heterocycles. The minimum Gasteiger partial charge on any atom is -0.494 e. The molecule has 0 aliphatic carbocycles. The van der Waals surface area contributed by atoms with Crippen LogP contribution in [0, 0.1) is 5.82 Å². The minimum absolute atomic E-state index is 0.260. The second-order valence-electron chi connectivity index (χ2n) is 4.83. The van der Waals surface area contributed by atoms with Crippen molar-refractivity contribution in [1.29, 1.82) is 0 Å². The highest BCUT2D eigenvalue weighted by Crippen LogP contribution is 2.21. The van der Waals surface area contributed by atoms with Crippen LogP contribution in [0.1, 0.15) is 11.1 Å². The number of hydrogen-bond acceptors (Lipinski definition) is 1. The lowest BCUT2D eigenvalue weighted by molar-refractivity contribution is 0.386. The van der Waals surface area contributed by atoms with Gasteiger partial charge in [-0.1, -0.05) is 54.6 Å². The van der Waals surface area contributed by atoms with Gasteiger partial charge in [-0.3, -0.25) is 0 Å². The van der Waals surface area contributed by atoms with E-state index in [1.165, 1.54) is 23.9 Å². The SMILES string of the molecule is COc1cc(/C=C\c2ccc3ccccc3c2)ccc1F. The second-order valence-corrected chi connectivity index (χ2v) is 4.83. The fraction of sp³-hybridized carbons (Fsp3) is 0.0526. The summed E-state index contributed by atoms with van der Waals surface area (Å²) in [6, 6.07) is 19.4. The Morgan fingerprint density at radius 2 is 1.48 bits per heavy atom. The average molecular weight is 278 g/mol. The Morgan fingerprint density at radius 1 is 0.810 bits per heavy atom. The van der Waals surface area contributed by atoms with E-state index in [1.807, 2.05) is 24.3 Å². The maximum atomic E-state index is 13.4. The molecular formula is C19H15FO. The fourth-order valence-corrected chi connectivity index (χ4v) is 2.28. The van der Waals surface area contributed by atoms with Crippen molar-refractivity contribution >= 4 is 22.9 Å². The molecule has 0 aliphatic rings. The monoisotopic (exact) mass is 278 g/mol. The predicted molar refractivity (Wildman–Crippen MR) is 85.8 cm³/mol. The Hall–Kier alpha value is -2.61. The highest BCUT2D eigenvalue weighted by molar-refractivity contribution is 5.86. The van der Waals surface area contributed by atoms with Crippen LogP contribution >= 0.6 is 0 Å². The largest absolute Gasteiger partial charge is 0.494 e. The van der Waals surface area contributed by atoms with Crippen molar-refractivity contribution < 1.29 is 9.13 Å². The van der Waals surface area contributed by atoms with E-state index in [1.54, 1.807) is 12.1 Å². The van der Waals surface area contributed by atoms with E-state index in [4.69, 9.17) is 4.74 Å². The lowest BCUT2D eigenvalue weighted by Crippen LogP contribution is -1.87. The van der Waals surface area contributed by atoms with Gasteiger partial charge in [-0.2, -0.15) is 0 Å². The normalized spacial score (nSPS) is 11.1. The van der Waals surface area contributed by atoms with Gasteiger partial charge in [-0.05, 0) is 40.1 Å². The van der Waals surface area contributed by atoms with Crippen LogP contribution in [-0.4, -0.2) is 7.11 Å². The third kappa shape index (κ3) is 2.95. The summed E-state index contributed by atoms with van der Waals surface area (Å²) >= 11 is 0. The Labute approximate surface area is 123 Å². The molecule has 3 aromatic rings. The van der Waals surface area contributed by atoms with Crippen LogP contribution in [-0.2, 0) is 0 Å². The molecule has 0 aromatic heterocycles. The third-order valence-corrected chi connectivity index (χ3v) is 3.42. The molecular weight excluding hydrogens is 263 g/mol. The summed E-state index contributed by atoms with van der Waals surface area (Å²) in [5.41, 5.74) is 2.01. The van der Waals surface area contributed by atoms with Crippen molar-refractivity contribution in [2.24, 2.45) is 0 Å². The summed E-state index contributed by atoms with van der Waals surface area (Å²) in [4.78, 5) is 0. The number of halogens is 1. The summed E-state index contributed by atoms with van der Waals surface area (Å²) in [7, 11) is 1.47. The average Bonchev–Trinajstić information content (AvgIpc) is 2.54. The molecule has 0 fully saturated rings. The van der Waals surface area contributed by atoms with E-state index in [0.717, 1.165) is 11.1 Å². The number of rotatable bonds is 3. The molecule has 21 heavy (non-hydrogen) atoms. The van der Waals surface area contributed by atoms with Gasteiger partial charge < -0.3 is 4.74 Å². The van der Waals surface area contributed by atoms with Crippen molar-refractivity contribution in [2.45, 2.75) is 0 Å². The smallest absolute Gasteiger partial charge is 0.165 e. The molecule has 0 radical (unpaired) electrons. The van der Waals surface area contributed by atoms with Crippen LogP contribution in [0.4, 0.5) is 4.39 Å². The molecule has 0 aliphatic heterocycles. The van der Waals surface area contributed by atoms with Gasteiger partial charge in [0.1, 0.15) is 0 Å². The molecule has 0 saturated carbocycles. The number of ether oxygens (including phenoxy) is 1. The summed E-state index contributed by atoms with van der Waals surface area (Å²) in [5, 5.41) is 2.43. The van der Waals surface area contributed by atoms with Gasteiger partial charge in [-0.15, -0.1) is 0 Å². The Morgan fingerprint density at radius 3 is 2.24 bits per heavy atom. The van der Waals surface area contributed by atoms with Gasteiger partial charge >= 0.3 is 0 Å². The Kier molecular flexibility index (Phi) is 3.69.